The summed E-state index contributed by atoms with van der Waals surface area (Å²) in [7, 11) is 0. The van der Waals surface area contributed by atoms with Crippen LogP contribution < -0.4 is 9.80 Å². The molecule has 2 fully saturated rings. The van der Waals surface area contributed by atoms with E-state index in [4.69, 9.17) is 4.52 Å². The zero-order valence-corrected chi connectivity index (χ0v) is 21.6. The molecule has 39 heavy (non-hydrogen) atoms. The molecule has 11 heteroatoms. The molecule has 4 aromatic rings. The van der Waals surface area contributed by atoms with Crippen LogP contribution in [0.2, 0.25) is 0 Å². The van der Waals surface area contributed by atoms with Crippen LogP contribution in [0.4, 0.5) is 20.3 Å². The van der Waals surface area contributed by atoms with Crippen molar-refractivity contribution in [3.63, 3.8) is 0 Å². The Morgan fingerprint density at radius 2 is 1.90 bits per heavy atom. The molecule has 0 aliphatic carbocycles. The fourth-order valence-electron chi connectivity index (χ4n) is 5.40. The number of aliphatic hydroxyl groups is 1. The van der Waals surface area contributed by atoms with Crippen molar-refractivity contribution in [2.24, 2.45) is 0 Å². The predicted octanol–water partition coefficient (Wildman–Crippen LogP) is 4.56. The van der Waals surface area contributed by atoms with E-state index in [1.54, 1.807) is 6.07 Å². The second-order valence-electron chi connectivity index (χ2n) is 10.5. The van der Waals surface area contributed by atoms with Gasteiger partial charge in [-0.2, -0.15) is 4.98 Å². The lowest BCUT2D eigenvalue weighted by atomic mass is 9.95. The average molecular weight is 535 g/mol. The minimum atomic E-state index is -0.825. The third-order valence-electron chi connectivity index (χ3n) is 7.45. The number of nitrogens with zero attached hydrogens (tertiary/aromatic N) is 6. The van der Waals surface area contributed by atoms with Gasteiger partial charge < -0.3 is 19.4 Å². The molecule has 4 heterocycles. The molecule has 2 aromatic carbocycles. The fraction of sp³-hybridized carbons (Fsp3) is 0.393. The molecule has 2 aliphatic heterocycles. The van der Waals surface area contributed by atoms with Gasteiger partial charge in [-0.25, -0.2) is 18.7 Å². The van der Waals surface area contributed by atoms with E-state index < -0.39 is 17.7 Å². The van der Waals surface area contributed by atoms with Crippen LogP contribution in [-0.4, -0.2) is 56.9 Å². The summed E-state index contributed by atoms with van der Waals surface area (Å²) in [5.41, 5.74) is 1.44. The molecule has 0 radical (unpaired) electrons. The summed E-state index contributed by atoms with van der Waals surface area (Å²) in [5, 5.41) is 14.5. The van der Waals surface area contributed by atoms with E-state index in [-0.39, 0.29) is 36.4 Å². The second kappa shape index (κ2) is 9.96. The number of anilines is 2. The number of halogens is 2. The van der Waals surface area contributed by atoms with Gasteiger partial charge in [-0.1, -0.05) is 25.1 Å². The number of hydrogen-bond acceptors (Lipinski definition) is 8. The lowest BCUT2D eigenvalue weighted by Crippen LogP contribution is -2.34. The van der Waals surface area contributed by atoms with E-state index in [2.05, 4.69) is 25.0 Å². The van der Waals surface area contributed by atoms with E-state index in [0.717, 1.165) is 18.7 Å². The van der Waals surface area contributed by atoms with Gasteiger partial charge in [-0.3, -0.25) is 4.79 Å². The van der Waals surface area contributed by atoms with E-state index in [0.29, 0.717) is 46.8 Å². The smallest absolute Gasteiger partial charge is 0.229 e. The molecule has 2 aromatic heterocycles. The van der Waals surface area contributed by atoms with Gasteiger partial charge in [0.05, 0.1) is 30.3 Å². The molecule has 0 spiro atoms. The van der Waals surface area contributed by atoms with E-state index in [9.17, 15) is 14.3 Å². The Morgan fingerprint density at radius 3 is 2.56 bits per heavy atom. The van der Waals surface area contributed by atoms with Gasteiger partial charge in [0.25, 0.3) is 0 Å². The first-order chi connectivity index (χ1) is 18.8. The number of benzene rings is 2. The van der Waals surface area contributed by atoms with Crippen LogP contribution in [0.25, 0.3) is 22.0 Å². The number of piperidine rings is 1. The Balaban J connectivity index is 1.29. The number of fused-ring (bicyclic) bond motifs is 1. The second-order valence-corrected chi connectivity index (χ2v) is 10.5. The molecule has 0 bridgehead atoms. The van der Waals surface area contributed by atoms with Crippen molar-refractivity contribution in [1.29, 1.82) is 0 Å². The summed E-state index contributed by atoms with van der Waals surface area (Å²) in [6, 6.07) is 7.11. The van der Waals surface area contributed by atoms with Gasteiger partial charge in [0, 0.05) is 35.9 Å². The first-order valence-electron chi connectivity index (χ1n) is 13.1. The highest BCUT2D eigenvalue weighted by Gasteiger charge is 2.31. The number of carbonyl (C=O) groups is 1. The third kappa shape index (κ3) is 4.71. The summed E-state index contributed by atoms with van der Waals surface area (Å²) in [6.07, 6.45) is 2.16. The standard InChI is InChI=1S/C28H28F2N6O3/c1-15(2)28-33-26(34-39-28)16-5-7-35(8-6-16)27-21-11-18(29)10-20(25(21)31-14-32-27)17-3-4-23(22(30)9-17)36-13-19(37)12-24(36)38/h3-4,9-11,14-16,19,37H,5-8,12-13H2,1-2H3/t19-/m1/s1. The Hall–Kier alpha value is -3.99. The van der Waals surface area contributed by atoms with E-state index in [1.165, 1.54) is 35.5 Å². The van der Waals surface area contributed by atoms with Crippen molar-refractivity contribution in [3.8, 4) is 11.1 Å². The molecule has 6 rings (SSSR count). The summed E-state index contributed by atoms with van der Waals surface area (Å²) < 4.78 is 35.5. The molecule has 2 aliphatic rings. The Morgan fingerprint density at radius 1 is 1.10 bits per heavy atom. The number of hydrogen-bond donors (Lipinski definition) is 1. The van der Waals surface area contributed by atoms with Crippen molar-refractivity contribution >= 4 is 28.3 Å². The topological polar surface area (TPSA) is 108 Å². The summed E-state index contributed by atoms with van der Waals surface area (Å²) in [4.78, 5) is 28.9. The summed E-state index contributed by atoms with van der Waals surface area (Å²) >= 11 is 0. The third-order valence-corrected chi connectivity index (χ3v) is 7.45. The molecular formula is C28H28F2N6O3. The molecule has 1 atom stereocenters. The zero-order valence-electron chi connectivity index (χ0n) is 21.6. The number of aliphatic hydroxyl groups excluding tert-OH is 1. The average Bonchev–Trinajstić information content (AvgIpc) is 3.54. The molecule has 0 saturated carbocycles. The molecular weight excluding hydrogens is 506 g/mol. The lowest BCUT2D eigenvalue weighted by molar-refractivity contribution is -0.117. The van der Waals surface area contributed by atoms with Crippen LogP contribution in [-0.2, 0) is 4.79 Å². The molecule has 1 amide bonds. The minimum absolute atomic E-state index is 0.0386. The maximum atomic E-state index is 15.2. The molecule has 9 nitrogen and oxygen atoms in total. The Labute approximate surface area is 223 Å². The predicted molar refractivity (Wildman–Crippen MR) is 140 cm³/mol. The van der Waals surface area contributed by atoms with Crippen molar-refractivity contribution in [3.05, 3.63) is 60.0 Å². The number of rotatable bonds is 5. The van der Waals surface area contributed by atoms with Gasteiger partial charge >= 0.3 is 0 Å². The SMILES string of the molecule is CC(C)c1nc(C2CCN(c3ncnc4c(-c5ccc(N6C[C@H](O)CC6=O)c(F)c5)cc(F)cc34)CC2)no1. The van der Waals surface area contributed by atoms with Crippen LogP contribution in [0.15, 0.2) is 41.2 Å². The molecule has 1 N–H and O–H groups in total. The van der Waals surface area contributed by atoms with Crippen molar-refractivity contribution in [1.82, 2.24) is 20.1 Å². The van der Waals surface area contributed by atoms with Gasteiger partial charge in [0.1, 0.15) is 23.8 Å². The first-order valence-corrected chi connectivity index (χ1v) is 13.1. The van der Waals surface area contributed by atoms with Crippen LogP contribution in [0.1, 0.15) is 56.7 Å². The Kier molecular flexibility index (Phi) is 6.46. The maximum absolute atomic E-state index is 15.2. The van der Waals surface area contributed by atoms with Crippen LogP contribution in [0, 0.1) is 11.6 Å². The quantitative estimate of drug-likeness (QED) is 0.397. The fourth-order valence-corrected chi connectivity index (χ4v) is 5.40. The van der Waals surface area contributed by atoms with E-state index in [1.807, 2.05) is 13.8 Å². The highest BCUT2D eigenvalue weighted by atomic mass is 19.1. The highest BCUT2D eigenvalue weighted by molar-refractivity contribution is 6.00. The van der Waals surface area contributed by atoms with Crippen LogP contribution in [0.3, 0.4) is 0 Å². The first kappa shape index (κ1) is 25.3. The van der Waals surface area contributed by atoms with Crippen molar-refractivity contribution < 1.29 is 23.2 Å². The summed E-state index contributed by atoms with van der Waals surface area (Å²) in [6.45, 7) is 5.41. The number of aromatic nitrogens is 4. The normalized spacial score (nSPS) is 18.6. The minimum Gasteiger partial charge on any atom is -0.391 e. The number of amides is 1. The number of carbonyl (C=O) groups excluding carboxylic acids is 1. The largest absolute Gasteiger partial charge is 0.391 e. The van der Waals surface area contributed by atoms with Crippen molar-refractivity contribution in [2.45, 2.75) is 51.0 Å². The van der Waals surface area contributed by atoms with E-state index >= 15 is 4.39 Å². The zero-order chi connectivity index (χ0) is 27.3. The highest BCUT2D eigenvalue weighted by Crippen LogP contribution is 2.37. The lowest BCUT2D eigenvalue weighted by Gasteiger charge is -2.32. The monoisotopic (exact) mass is 534 g/mol. The van der Waals surface area contributed by atoms with Gasteiger partial charge in [0.2, 0.25) is 11.8 Å². The van der Waals surface area contributed by atoms with Crippen molar-refractivity contribution in [2.75, 3.05) is 29.4 Å². The molecule has 202 valence electrons. The van der Waals surface area contributed by atoms with Crippen LogP contribution >= 0.6 is 0 Å². The van der Waals surface area contributed by atoms with Gasteiger partial charge in [-0.15, -0.1) is 0 Å². The molecule has 2 saturated heterocycles. The Bertz CT molecular complexity index is 1550. The maximum Gasteiger partial charge on any atom is 0.229 e. The molecule has 0 unspecified atom stereocenters. The van der Waals surface area contributed by atoms with Crippen LogP contribution in [0.5, 0.6) is 0 Å². The van der Waals surface area contributed by atoms with Gasteiger partial charge in [-0.05, 0) is 42.7 Å². The summed E-state index contributed by atoms with van der Waals surface area (Å²) in [5.74, 6) is 0.840. The van der Waals surface area contributed by atoms with Gasteiger partial charge in [0.15, 0.2) is 5.82 Å². The number of β-amino-alcohol motifs (C(OH)–C–C–N with tert-alkyl or cyclic N) is 1.